The number of ether oxygens (including phenoxy) is 1. The topological polar surface area (TPSA) is 50.4 Å². The van der Waals surface area contributed by atoms with Crippen LogP contribution < -0.4 is 10.6 Å². The largest absolute Gasteiger partial charge is 0.377 e. The summed E-state index contributed by atoms with van der Waals surface area (Å²) in [6, 6.07) is 0.620. The van der Waals surface area contributed by atoms with Gasteiger partial charge in [-0.2, -0.15) is 0 Å². The van der Waals surface area contributed by atoms with E-state index in [-0.39, 0.29) is 17.4 Å². The lowest BCUT2D eigenvalue weighted by molar-refractivity contribution is -0.126. The third kappa shape index (κ3) is 2.33. The second kappa shape index (κ2) is 4.58. The van der Waals surface area contributed by atoms with Crippen LogP contribution in [-0.4, -0.2) is 37.2 Å². The van der Waals surface area contributed by atoms with Gasteiger partial charge < -0.3 is 15.4 Å². The molecule has 0 radical (unpaired) electrons. The summed E-state index contributed by atoms with van der Waals surface area (Å²) in [5.74, 6) is 0.676. The average molecular weight is 240 g/mol. The van der Waals surface area contributed by atoms with E-state index in [1.807, 2.05) is 13.8 Å². The molecule has 0 aromatic rings. The maximum absolute atomic E-state index is 11.6. The smallest absolute Gasteiger partial charge is 0.234 e. The molecule has 0 aromatic heterocycles. The van der Waals surface area contributed by atoms with Crippen LogP contribution in [0.3, 0.4) is 0 Å². The predicted molar refractivity (Wildman–Crippen MR) is 66.7 cm³/mol. The van der Waals surface area contributed by atoms with Crippen LogP contribution in [0.1, 0.15) is 34.1 Å². The van der Waals surface area contributed by atoms with Crippen molar-refractivity contribution in [2.75, 3.05) is 13.2 Å². The van der Waals surface area contributed by atoms with Crippen LogP contribution in [0.2, 0.25) is 0 Å². The maximum atomic E-state index is 11.6. The highest BCUT2D eigenvalue weighted by molar-refractivity contribution is 5.78. The van der Waals surface area contributed by atoms with Crippen molar-refractivity contribution in [1.29, 1.82) is 0 Å². The minimum atomic E-state index is 0.0816. The van der Waals surface area contributed by atoms with E-state index in [0.717, 1.165) is 13.0 Å². The molecule has 1 aliphatic carbocycles. The van der Waals surface area contributed by atoms with Gasteiger partial charge in [0.05, 0.1) is 12.6 Å². The zero-order chi connectivity index (χ0) is 12.6. The predicted octanol–water partition coefficient (Wildman–Crippen LogP) is 0.914. The number of carbonyl (C=O) groups excluding carboxylic acids is 1. The molecule has 1 heterocycles. The molecular weight excluding hydrogens is 216 g/mol. The van der Waals surface area contributed by atoms with Gasteiger partial charge in [-0.1, -0.05) is 13.8 Å². The van der Waals surface area contributed by atoms with Gasteiger partial charge in [0, 0.05) is 30.0 Å². The van der Waals surface area contributed by atoms with E-state index in [2.05, 4.69) is 24.5 Å². The van der Waals surface area contributed by atoms with E-state index in [1.54, 1.807) is 0 Å². The summed E-state index contributed by atoms with van der Waals surface area (Å²) in [5.41, 5.74) is 0.152. The van der Waals surface area contributed by atoms with Crippen LogP contribution in [0, 0.1) is 11.3 Å². The summed E-state index contributed by atoms with van der Waals surface area (Å²) in [5, 5.41) is 6.29. The molecule has 1 saturated carbocycles. The number of hydrogen-bond donors (Lipinski definition) is 2. The van der Waals surface area contributed by atoms with Crippen molar-refractivity contribution >= 4 is 5.91 Å². The molecule has 3 atom stereocenters. The molecule has 2 fully saturated rings. The van der Waals surface area contributed by atoms with Gasteiger partial charge in [0.1, 0.15) is 0 Å². The first kappa shape index (κ1) is 12.8. The van der Waals surface area contributed by atoms with Crippen molar-refractivity contribution in [3.63, 3.8) is 0 Å². The highest BCUT2D eigenvalue weighted by Crippen LogP contribution is 2.51. The van der Waals surface area contributed by atoms with Crippen molar-refractivity contribution < 1.29 is 9.53 Å². The minimum absolute atomic E-state index is 0.0816. The summed E-state index contributed by atoms with van der Waals surface area (Å²) in [7, 11) is 0. The molecule has 3 unspecified atom stereocenters. The number of rotatable bonds is 4. The van der Waals surface area contributed by atoms with E-state index >= 15 is 0 Å². The van der Waals surface area contributed by atoms with Crippen LogP contribution in [0.15, 0.2) is 0 Å². The van der Waals surface area contributed by atoms with E-state index in [1.165, 1.54) is 0 Å². The van der Waals surface area contributed by atoms with Gasteiger partial charge in [0.25, 0.3) is 0 Å². The normalized spacial score (nSPS) is 34.3. The lowest BCUT2D eigenvalue weighted by Gasteiger charge is -2.54. The molecule has 2 rings (SSSR count). The molecule has 2 aliphatic rings. The van der Waals surface area contributed by atoms with Crippen LogP contribution in [0.25, 0.3) is 0 Å². The van der Waals surface area contributed by atoms with Crippen molar-refractivity contribution in [3.8, 4) is 0 Å². The van der Waals surface area contributed by atoms with Crippen LogP contribution >= 0.6 is 0 Å². The molecule has 4 heteroatoms. The number of hydrogen-bond acceptors (Lipinski definition) is 3. The van der Waals surface area contributed by atoms with Crippen LogP contribution in [0.4, 0.5) is 0 Å². The van der Waals surface area contributed by atoms with Crippen LogP contribution in [0.5, 0.6) is 0 Å². The summed E-state index contributed by atoms with van der Waals surface area (Å²) >= 11 is 0. The highest BCUT2D eigenvalue weighted by atomic mass is 16.5. The van der Waals surface area contributed by atoms with E-state index in [9.17, 15) is 4.79 Å². The van der Waals surface area contributed by atoms with E-state index < -0.39 is 0 Å². The zero-order valence-electron chi connectivity index (χ0n) is 11.2. The Morgan fingerprint density at radius 1 is 1.47 bits per heavy atom. The summed E-state index contributed by atoms with van der Waals surface area (Å²) < 4.78 is 5.73. The second-order valence-electron chi connectivity index (χ2n) is 6.15. The van der Waals surface area contributed by atoms with Gasteiger partial charge in [-0.3, -0.25) is 4.79 Å². The molecule has 0 aromatic carbocycles. The fraction of sp³-hybridized carbons (Fsp3) is 0.923. The summed E-state index contributed by atoms with van der Waals surface area (Å²) in [4.78, 5) is 11.6. The summed E-state index contributed by atoms with van der Waals surface area (Å²) in [6.45, 7) is 9.68. The number of carbonyl (C=O) groups is 1. The number of fused-ring (bicyclic) bond motifs is 1. The first-order chi connectivity index (χ1) is 7.93. The van der Waals surface area contributed by atoms with Gasteiger partial charge in [0.15, 0.2) is 0 Å². The lowest BCUT2D eigenvalue weighted by atomic mass is 9.57. The molecular formula is C13H24N2O2. The van der Waals surface area contributed by atoms with E-state index in [4.69, 9.17) is 4.74 Å². The molecule has 0 spiro atoms. The van der Waals surface area contributed by atoms with Crippen LogP contribution in [-0.2, 0) is 9.53 Å². The first-order valence-electron chi connectivity index (χ1n) is 6.57. The Hall–Kier alpha value is -0.610. The Labute approximate surface area is 103 Å². The molecule has 4 nitrogen and oxygen atoms in total. The molecule has 1 amide bonds. The van der Waals surface area contributed by atoms with Gasteiger partial charge in [-0.15, -0.1) is 0 Å². The molecule has 1 saturated heterocycles. The molecule has 17 heavy (non-hydrogen) atoms. The lowest BCUT2D eigenvalue weighted by Crippen LogP contribution is -2.66. The SMILES string of the molecule is CC(C)NC(=O)CNC1C2CCOC2C1(C)C. The standard InChI is InChI=1S/C13H24N2O2/c1-8(2)15-10(16)7-14-11-9-5-6-17-12(9)13(11,3)4/h8-9,11-12,14H,5-7H2,1-4H3,(H,15,16). The fourth-order valence-electron chi connectivity index (χ4n) is 3.31. The Morgan fingerprint density at radius 3 is 2.82 bits per heavy atom. The molecule has 0 bridgehead atoms. The van der Waals surface area contributed by atoms with Crippen molar-refractivity contribution in [1.82, 2.24) is 10.6 Å². The Kier molecular flexibility index (Phi) is 3.46. The third-order valence-corrected chi connectivity index (χ3v) is 4.03. The number of amides is 1. The van der Waals surface area contributed by atoms with Gasteiger partial charge in [-0.25, -0.2) is 0 Å². The van der Waals surface area contributed by atoms with E-state index in [0.29, 0.717) is 24.6 Å². The monoisotopic (exact) mass is 240 g/mol. The molecule has 2 N–H and O–H groups in total. The molecule has 1 aliphatic heterocycles. The first-order valence-corrected chi connectivity index (χ1v) is 6.57. The van der Waals surface area contributed by atoms with Crippen molar-refractivity contribution in [2.24, 2.45) is 11.3 Å². The fourth-order valence-corrected chi connectivity index (χ4v) is 3.31. The number of nitrogens with one attached hydrogen (secondary N) is 2. The maximum Gasteiger partial charge on any atom is 0.234 e. The quantitative estimate of drug-likeness (QED) is 0.768. The Bertz CT molecular complexity index is 302. The van der Waals surface area contributed by atoms with Gasteiger partial charge >= 0.3 is 0 Å². The minimum Gasteiger partial charge on any atom is -0.377 e. The third-order valence-electron chi connectivity index (χ3n) is 4.03. The highest BCUT2D eigenvalue weighted by Gasteiger charge is 2.58. The average Bonchev–Trinajstić information content (AvgIpc) is 2.62. The zero-order valence-corrected chi connectivity index (χ0v) is 11.2. The van der Waals surface area contributed by atoms with Gasteiger partial charge in [0.2, 0.25) is 5.91 Å². The second-order valence-corrected chi connectivity index (χ2v) is 6.15. The Balaban J connectivity index is 1.81. The summed E-state index contributed by atoms with van der Waals surface area (Å²) in [6.07, 6.45) is 1.51. The van der Waals surface area contributed by atoms with Gasteiger partial charge in [-0.05, 0) is 20.3 Å². The van der Waals surface area contributed by atoms with Crippen molar-refractivity contribution in [3.05, 3.63) is 0 Å². The van der Waals surface area contributed by atoms with Crippen molar-refractivity contribution in [2.45, 2.75) is 52.3 Å². The Morgan fingerprint density at radius 2 is 2.18 bits per heavy atom. The molecule has 98 valence electrons.